The van der Waals surface area contributed by atoms with Crippen molar-refractivity contribution in [2.45, 2.75) is 25.0 Å². The molecule has 3 aromatic rings. The summed E-state index contributed by atoms with van der Waals surface area (Å²) in [7, 11) is 3.30. The second-order valence-electron chi connectivity index (χ2n) is 7.42. The lowest BCUT2D eigenvalue weighted by molar-refractivity contribution is -0.385. The van der Waals surface area contributed by atoms with Crippen LogP contribution in [-0.2, 0) is 11.8 Å². The molecular formula is C22H24N6O5S. The van der Waals surface area contributed by atoms with Crippen molar-refractivity contribution in [3.05, 3.63) is 69.5 Å². The van der Waals surface area contributed by atoms with Crippen LogP contribution < -0.4 is 15.4 Å². The molecule has 2 aromatic carbocycles. The molecule has 178 valence electrons. The van der Waals surface area contributed by atoms with Gasteiger partial charge in [-0.1, -0.05) is 17.8 Å². The number of nitro benzene ring substituents is 1. The van der Waals surface area contributed by atoms with Gasteiger partial charge in [-0.15, -0.1) is 10.2 Å². The number of amides is 2. The van der Waals surface area contributed by atoms with Crippen LogP contribution in [0.3, 0.4) is 0 Å². The molecule has 0 saturated carbocycles. The molecule has 12 heteroatoms. The average molecular weight is 485 g/mol. The molecule has 0 unspecified atom stereocenters. The van der Waals surface area contributed by atoms with E-state index >= 15 is 0 Å². The van der Waals surface area contributed by atoms with Crippen molar-refractivity contribution in [1.29, 1.82) is 0 Å². The maximum atomic E-state index is 12.5. The van der Waals surface area contributed by atoms with Gasteiger partial charge in [0.1, 0.15) is 5.75 Å². The fraction of sp³-hybridized carbons (Fsp3) is 0.273. The quantitative estimate of drug-likeness (QED) is 0.268. The summed E-state index contributed by atoms with van der Waals surface area (Å²) in [5.41, 5.74) is 1.28. The van der Waals surface area contributed by atoms with Gasteiger partial charge >= 0.3 is 0 Å². The monoisotopic (exact) mass is 484 g/mol. The largest absolute Gasteiger partial charge is 0.497 e. The van der Waals surface area contributed by atoms with Crippen molar-refractivity contribution in [2.75, 3.05) is 18.2 Å². The number of ether oxygens (including phenoxy) is 1. The minimum atomic E-state index is -0.491. The Hall–Kier alpha value is -3.93. The number of carbonyl (C=O) groups excluding carboxylic acids is 2. The Morgan fingerprint density at radius 1 is 1.21 bits per heavy atom. The number of nitrogens with one attached hydrogen (secondary N) is 2. The van der Waals surface area contributed by atoms with Gasteiger partial charge in [0, 0.05) is 29.9 Å². The standard InChI is InChI=1S/C22H24N6O5S/c1-13-5-8-16(11-18(13)28(31)32)24-19(29)12-34-22-26-25-20(27(22)3)14(2)23-21(30)15-6-9-17(33-4)10-7-15/h5-11,14H,12H2,1-4H3,(H,23,30)(H,24,29)/t14-/m0/s1. The van der Waals surface area contributed by atoms with Crippen molar-refractivity contribution >= 4 is 35.0 Å². The van der Waals surface area contributed by atoms with E-state index in [1.165, 1.54) is 6.07 Å². The summed E-state index contributed by atoms with van der Waals surface area (Å²) in [4.78, 5) is 35.4. The minimum Gasteiger partial charge on any atom is -0.497 e. The number of nitrogens with zero attached hydrogens (tertiary/aromatic N) is 4. The van der Waals surface area contributed by atoms with Crippen LogP contribution in [0.2, 0.25) is 0 Å². The molecule has 0 aliphatic rings. The van der Waals surface area contributed by atoms with Crippen LogP contribution in [0, 0.1) is 17.0 Å². The molecule has 2 amide bonds. The smallest absolute Gasteiger partial charge is 0.274 e. The van der Waals surface area contributed by atoms with Gasteiger partial charge in [0.15, 0.2) is 11.0 Å². The van der Waals surface area contributed by atoms with Crippen molar-refractivity contribution in [3.63, 3.8) is 0 Å². The summed E-state index contributed by atoms with van der Waals surface area (Å²) in [5.74, 6) is 0.607. The van der Waals surface area contributed by atoms with Gasteiger partial charge in [0.05, 0.1) is 23.8 Å². The predicted octanol–water partition coefficient (Wildman–Crippen LogP) is 3.26. The third-order valence-corrected chi connectivity index (χ3v) is 6.00. The number of nitro groups is 1. The lowest BCUT2D eigenvalue weighted by atomic mass is 10.2. The first-order chi connectivity index (χ1) is 16.2. The first-order valence-corrected chi connectivity index (χ1v) is 11.2. The first-order valence-electron chi connectivity index (χ1n) is 10.2. The Kier molecular flexibility index (Phi) is 7.84. The Balaban J connectivity index is 1.58. The van der Waals surface area contributed by atoms with E-state index in [0.717, 1.165) is 11.8 Å². The highest BCUT2D eigenvalue weighted by atomic mass is 32.2. The lowest BCUT2D eigenvalue weighted by Gasteiger charge is -2.14. The molecule has 0 saturated heterocycles. The maximum absolute atomic E-state index is 12.5. The molecule has 34 heavy (non-hydrogen) atoms. The number of aromatic nitrogens is 3. The van der Waals surface area contributed by atoms with Crippen LogP contribution in [-0.4, -0.2) is 44.4 Å². The predicted molar refractivity (Wildman–Crippen MR) is 127 cm³/mol. The van der Waals surface area contributed by atoms with Crippen LogP contribution in [0.25, 0.3) is 0 Å². The fourth-order valence-electron chi connectivity index (χ4n) is 3.13. The molecule has 0 spiro atoms. The van der Waals surface area contributed by atoms with Crippen molar-refractivity contribution in [3.8, 4) is 5.75 Å². The van der Waals surface area contributed by atoms with Gasteiger partial charge in [-0.25, -0.2) is 0 Å². The Morgan fingerprint density at radius 3 is 2.56 bits per heavy atom. The minimum absolute atomic E-state index is 0.0280. The third-order valence-electron chi connectivity index (χ3n) is 4.98. The van der Waals surface area contributed by atoms with E-state index in [4.69, 9.17) is 4.74 Å². The normalized spacial score (nSPS) is 11.5. The second-order valence-corrected chi connectivity index (χ2v) is 8.36. The SMILES string of the molecule is COc1ccc(C(=O)N[C@@H](C)c2nnc(SCC(=O)Nc3ccc(C)c([N+](=O)[O-])c3)n2C)cc1. The molecule has 11 nitrogen and oxygen atoms in total. The molecule has 1 aromatic heterocycles. The van der Waals surface area contributed by atoms with E-state index in [1.54, 1.807) is 69.0 Å². The summed E-state index contributed by atoms with van der Waals surface area (Å²) in [6, 6.07) is 10.8. The maximum Gasteiger partial charge on any atom is 0.274 e. The molecular weight excluding hydrogens is 460 g/mol. The number of aryl methyl sites for hydroxylation is 1. The molecule has 0 fully saturated rings. The van der Waals surface area contributed by atoms with Crippen molar-refractivity contribution in [1.82, 2.24) is 20.1 Å². The summed E-state index contributed by atoms with van der Waals surface area (Å²) in [6.07, 6.45) is 0. The first kappa shape index (κ1) is 24.7. The molecule has 0 radical (unpaired) electrons. The number of anilines is 1. The summed E-state index contributed by atoms with van der Waals surface area (Å²) in [6.45, 7) is 3.42. The molecule has 2 N–H and O–H groups in total. The van der Waals surface area contributed by atoms with Gasteiger partial charge in [-0.3, -0.25) is 19.7 Å². The van der Waals surface area contributed by atoms with Crippen LogP contribution in [0.5, 0.6) is 5.75 Å². The van der Waals surface area contributed by atoms with E-state index in [9.17, 15) is 19.7 Å². The number of hydrogen-bond donors (Lipinski definition) is 2. The van der Waals surface area contributed by atoms with Gasteiger partial charge < -0.3 is 19.9 Å². The number of methoxy groups -OCH3 is 1. The molecule has 0 aliphatic carbocycles. The molecule has 1 atom stereocenters. The van der Waals surface area contributed by atoms with E-state index < -0.39 is 11.0 Å². The third kappa shape index (κ3) is 5.90. The highest BCUT2D eigenvalue weighted by Crippen LogP contribution is 2.23. The topological polar surface area (TPSA) is 141 Å². The van der Waals surface area contributed by atoms with E-state index in [-0.39, 0.29) is 23.3 Å². The number of hydrogen-bond acceptors (Lipinski definition) is 8. The van der Waals surface area contributed by atoms with E-state index in [2.05, 4.69) is 20.8 Å². The highest BCUT2D eigenvalue weighted by molar-refractivity contribution is 7.99. The number of thioether (sulfide) groups is 1. The summed E-state index contributed by atoms with van der Waals surface area (Å²) < 4.78 is 6.80. The average Bonchev–Trinajstić information content (AvgIpc) is 3.19. The zero-order valence-corrected chi connectivity index (χ0v) is 19.9. The van der Waals surface area contributed by atoms with Crippen molar-refractivity contribution < 1.29 is 19.2 Å². The van der Waals surface area contributed by atoms with Gasteiger partial charge in [-0.2, -0.15) is 0 Å². The van der Waals surface area contributed by atoms with Crippen LogP contribution >= 0.6 is 11.8 Å². The highest BCUT2D eigenvalue weighted by Gasteiger charge is 2.19. The number of benzene rings is 2. The lowest BCUT2D eigenvalue weighted by Crippen LogP contribution is -2.28. The van der Waals surface area contributed by atoms with Crippen LogP contribution in [0.1, 0.15) is 34.7 Å². The Bertz CT molecular complexity index is 1210. The zero-order chi connectivity index (χ0) is 24.8. The zero-order valence-electron chi connectivity index (χ0n) is 19.1. The Morgan fingerprint density at radius 2 is 1.91 bits per heavy atom. The van der Waals surface area contributed by atoms with Gasteiger partial charge in [0.25, 0.3) is 11.6 Å². The molecule has 1 heterocycles. The Labute approximate surface area is 200 Å². The van der Waals surface area contributed by atoms with Crippen LogP contribution in [0.4, 0.5) is 11.4 Å². The molecule has 3 rings (SSSR count). The summed E-state index contributed by atoms with van der Waals surface area (Å²) >= 11 is 1.16. The van der Waals surface area contributed by atoms with E-state index in [1.807, 2.05) is 0 Å². The molecule has 0 aliphatic heterocycles. The van der Waals surface area contributed by atoms with Gasteiger partial charge in [-0.05, 0) is 44.2 Å². The summed E-state index contributed by atoms with van der Waals surface area (Å²) in [5, 5.41) is 25.3. The van der Waals surface area contributed by atoms with Crippen LogP contribution in [0.15, 0.2) is 47.6 Å². The number of carbonyl (C=O) groups is 2. The van der Waals surface area contributed by atoms with Crippen molar-refractivity contribution in [2.24, 2.45) is 7.05 Å². The number of rotatable bonds is 9. The second kappa shape index (κ2) is 10.8. The van der Waals surface area contributed by atoms with Gasteiger partial charge in [0.2, 0.25) is 5.91 Å². The fourth-order valence-corrected chi connectivity index (χ4v) is 3.84. The van der Waals surface area contributed by atoms with E-state index in [0.29, 0.717) is 33.5 Å². The molecule has 0 bridgehead atoms.